The summed E-state index contributed by atoms with van der Waals surface area (Å²) in [5.41, 5.74) is 1.12. The van der Waals surface area contributed by atoms with Gasteiger partial charge in [0.1, 0.15) is 5.82 Å². The van der Waals surface area contributed by atoms with E-state index in [1.807, 2.05) is 6.92 Å². The summed E-state index contributed by atoms with van der Waals surface area (Å²) in [5.74, 6) is -0.590. The van der Waals surface area contributed by atoms with Crippen LogP contribution in [0.1, 0.15) is 29.0 Å². The SMILES string of the molecule is COCCNC(=O)c1cn([C@H](C)c2ccc(F)cc2)nn1. The van der Waals surface area contributed by atoms with Crippen LogP contribution in [0.4, 0.5) is 4.39 Å². The standard InChI is InChI=1S/C14H17FN4O2/c1-10(11-3-5-12(15)6-4-11)19-9-13(17-18-19)14(20)16-7-8-21-2/h3-6,9-10H,7-8H2,1-2H3,(H,16,20)/t10-/m1/s1. The monoisotopic (exact) mass is 292 g/mol. The molecular weight excluding hydrogens is 275 g/mol. The summed E-state index contributed by atoms with van der Waals surface area (Å²) >= 11 is 0. The van der Waals surface area contributed by atoms with Crippen LogP contribution in [0.15, 0.2) is 30.5 Å². The molecule has 7 heteroatoms. The second kappa shape index (κ2) is 6.94. The van der Waals surface area contributed by atoms with E-state index in [4.69, 9.17) is 4.74 Å². The van der Waals surface area contributed by atoms with Gasteiger partial charge < -0.3 is 10.1 Å². The molecule has 2 rings (SSSR count). The van der Waals surface area contributed by atoms with Crippen LogP contribution in [0.5, 0.6) is 0 Å². The second-order valence-corrected chi connectivity index (χ2v) is 4.56. The number of hydrogen-bond acceptors (Lipinski definition) is 4. The van der Waals surface area contributed by atoms with Crippen LogP contribution in [0.3, 0.4) is 0 Å². The minimum Gasteiger partial charge on any atom is -0.383 e. The average molecular weight is 292 g/mol. The van der Waals surface area contributed by atoms with Gasteiger partial charge in [0.05, 0.1) is 18.8 Å². The number of rotatable bonds is 6. The number of methoxy groups -OCH3 is 1. The van der Waals surface area contributed by atoms with Crippen molar-refractivity contribution in [2.45, 2.75) is 13.0 Å². The molecule has 0 aliphatic rings. The third kappa shape index (κ3) is 3.85. The van der Waals surface area contributed by atoms with Crippen molar-refractivity contribution >= 4 is 5.91 Å². The van der Waals surface area contributed by atoms with Crippen LogP contribution in [0.25, 0.3) is 0 Å². The summed E-state index contributed by atoms with van der Waals surface area (Å²) in [6.07, 6.45) is 1.57. The molecule has 1 amide bonds. The lowest BCUT2D eigenvalue weighted by Crippen LogP contribution is -2.27. The topological polar surface area (TPSA) is 69.0 Å². The van der Waals surface area contributed by atoms with E-state index in [2.05, 4.69) is 15.6 Å². The third-order valence-electron chi connectivity index (χ3n) is 3.08. The van der Waals surface area contributed by atoms with Gasteiger partial charge in [0.15, 0.2) is 5.69 Å². The predicted octanol–water partition coefficient (Wildman–Crippen LogP) is 1.40. The summed E-state index contributed by atoms with van der Waals surface area (Å²) in [6.45, 7) is 2.75. The molecule has 2 aromatic rings. The van der Waals surface area contributed by atoms with Crippen molar-refractivity contribution in [1.82, 2.24) is 20.3 Å². The number of halogens is 1. The lowest BCUT2D eigenvalue weighted by molar-refractivity contribution is 0.0932. The van der Waals surface area contributed by atoms with Crippen LogP contribution < -0.4 is 5.32 Å². The van der Waals surface area contributed by atoms with Crippen molar-refractivity contribution in [2.24, 2.45) is 0 Å². The molecule has 112 valence electrons. The molecule has 0 unspecified atom stereocenters. The van der Waals surface area contributed by atoms with Gasteiger partial charge in [0, 0.05) is 13.7 Å². The van der Waals surface area contributed by atoms with Crippen molar-refractivity contribution in [3.05, 3.63) is 47.5 Å². The predicted molar refractivity (Wildman–Crippen MR) is 74.4 cm³/mol. The maximum Gasteiger partial charge on any atom is 0.273 e. The Morgan fingerprint density at radius 3 is 2.81 bits per heavy atom. The van der Waals surface area contributed by atoms with E-state index < -0.39 is 0 Å². The molecule has 1 heterocycles. The number of nitrogens with zero attached hydrogens (tertiary/aromatic N) is 3. The van der Waals surface area contributed by atoms with E-state index >= 15 is 0 Å². The van der Waals surface area contributed by atoms with Crippen LogP contribution >= 0.6 is 0 Å². The van der Waals surface area contributed by atoms with Gasteiger partial charge in [0.25, 0.3) is 5.91 Å². The largest absolute Gasteiger partial charge is 0.383 e. The van der Waals surface area contributed by atoms with Crippen molar-refractivity contribution in [3.8, 4) is 0 Å². The van der Waals surface area contributed by atoms with E-state index in [1.165, 1.54) is 12.1 Å². The second-order valence-electron chi connectivity index (χ2n) is 4.56. The van der Waals surface area contributed by atoms with Gasteiger partial charge in [-0.15, -0.1) is 5.10 Å². The molecule has 0 aliphatic carbocycles. The van der Waals surface area contributed by atoms with Crippen LogP contribution in [-0.2, 0) is 4.74 Å². The van der Waals surface area contributed by atoms with Gasteiger partial charge in [-0.3, -0.25) is 4.79 Å². The number of ether oxygens (including phenoxy) is 1. The van der Waals surface area contributed by atoms with Crippen molar-refractivity contribution in [1.29, 1.82) is 0 Å². The van der Waals surface area contributed by atoms with E-state index in [0.29, 0.717) is 13.2 Å². The minimum absolute atomic E-state index is 0.140. The van der Waals surface area contributed by atoms with Crippen LogP contribution in [-0.4, -0.2) is 41.2 Å². The fourth-order valence-electron chi connectivity index (χ4n) is 1.82. The Bertz CT molecular complexity index is 597. The highest BCUT2D eigenvalue weighted by Gasteiger charge is 2.14. The number of carbonyl (C=O) groups excluding carboxylic acids is 1. The molecule has 0 saturated carbocycles. The molecule has 1 aromatic heterocycles. The van der Waals surface area contributed by atoms with Crippen molar-refractivity contribution < 1.29 is 13.9 Å². The maximum atomic E-state index is 12.9. The minimum atomic E-state index is -0.301. The van der Waals surface area contributed by atoms with Gasteiger partial charge in [0.2, 0.25) is 0 Å². The Kier molecular flexibility index (Phi) is 4.99. The zero-order valence-corrected chi connectivity index (χ0v) is 11.9. The molecule has 6 nitrogen and oxygen atoms in total. The molecule has 0 aliphatic heterocycles. The Hall–Kier alpha value is -2.28. The van der Waals surface area contributed by atoms with Crippen molar-refractivity contribution in [2.75, 3.05) is 20.3 Å². The summed E-state index contributed by atoms with van der Waals surface area (Å²) in [7, 11) is 1.56. The smallest absolute Gasteiger partial charge is 0.273 e. The van der Waals surface area contributed by atoms with Crippen LogP contribution in [0.2, 0.25) is 0 Å². The van der Waals surface area contributed by atoms with Gasteiger partial charge in [-0.25, -0.2) is 9.07 Å². The Morgan fingerprint density at radius 2 is 2.14 bits per heavy atom. The van der Waals surface area contributed by atoms with Gasteiger partial charge in [-0.05, 0) is 24.6 Å². The number of aromatic nitrogens is 3. The summed E-state index contributed by atoms with van der Waals surface area (Å²) in [4.78, 5) is 11.8. The first-order valence-corrected chi connectivity index (χ1v) is 6.56. The Morgan fingerprint density at radius 1 is 1.43 bits per heavy atom. The number of benzene rings is 1. The number of carbonyl (C=O) groups is 1. The first kappa shape index (κ1) is 15.1. The molecule has 0 saturated heterocycles. The zero-order valence-electron chi connectivity index (χ0n) is 11.9. The Balaban J connectivity index is 2.05. The molecule has 21 heavy (non-hydrogen) atoms. The highest BCUT2D eigenvalue weighted by molar-refractivity contribution is 5.91. The quantitative estimate of drug-likeness (QED) is 0.817. The van der Waals surface area contributed by atoms with Gasteiger partial charge >= 0.3 is 0 Å². The van der Waals surface area contributed by atoms with E-state index in [1.54, 1.807) is 30.1 Å². The van der Waals surface area contributed by atoms with Crippen molar-refractivity contribution in [3.63, 3.8) is 0 Å². The zero-order chi connectivity index (χ0) is 15.2. The number of amides is 1. The van der Waals surface area contributed by atoms with Gasteiger partial charge in [-0.1, -0.05) is 17.3 Å². The summed E-state index contributed by atoms with van der Waals surface area (Å²) in [6, 6.07) is 6.00. The summed E-state index contributed by atoms with van der Waals surface area (Å²) < 4.78 is 19.3. The average Bonchev–Trinajstić information content (AvgIpc) is 2.97. The fourth-order valence-corrected chi connectivity index (χ4v) is 1.82. The third-order valence-corrected chi connectivity index (χ3v) is 3.08. The van der Waals surface area contributed by atoms with E-state index in [0.717, 1.165) is 5.56 Å². The molecule has 0 radical (unpaired) electrons. The summed E-state index contributed by atoms with van der Waals surface area (Å²) in [5, 5.41) is 10.5. The fraction of sp³-hybridized carbons (Fsp3) is 0.357. The molecule has 0 fully saturated rings. The molecular formula is C14H17FN4O2. The Labute approximate surface area is 121 Å². The normalized spacial score (nSPS) is 12.1. The molecule has 1 aromatic carbocycles. The lowest BCUT2D eigenvalue weighted by atomic mass is 10.1. The van der Waals surface area contributed by atoms with E-state index in [9.17, 15) is 9.18 Å². The molecule has 0 bridgehead atoms. The van der Waals surface area contributed by atoms with E-state index in [-0.39, 0.29) is 23.5 Å². The number of hydrogen-bond donors (Lipinski definition) is 1. The first-order valence-electron chi connectivity index (χ1n) is 6.56. The van der Waals surface area contributed by atoms with Gasteiger partial charge in [-0.2, -0.15) is 0 Å². The molecule has 1 N–H and O–H groups in total. The highest BCUT2D eigenvalue weighted by Crippen LogP contribution is 2.17. The lowest BCUT2D eigenvalue weighted by Gasteiger charge is -2.11. The maximum absolute atomic E-state index is 12.9. The first-order chi connectivity index (χ1) is 10.1. The molecule has 1 atom stereocenters. The van der Waals surface area contributed by atoms with Crippen LogP contribution in [0, 0.1) is 5.82 Å². The molecule has 0 spiro atoms. The number of nitrogens with one attached hydrogen (secondary N) is 1. The highest BCUT2D eigenvalue weighted by atomic mass is 19.1.